The van der Waals surface area contributed by atoms with Crippen LogP contribution >= 0.6 is 0 Å². The topological polar surface area (TPSA) is 94.5 Å². The molecule has 1 aliphatic heterocycles. The molecule has 2 heterocycles. The summed E-state index contributed by atoms with van der Waals surface area (Å²) >= 11 is 0. The van der Waals surface area contributed by atoms with Gasteiger partial charge in [0.1, 0.15) is 0 Å². The number of anilines is 2. The van der Waals surface area contributed by atoms with Gasteiger partial charge in [-0.1, -0.05) is 18.2 Å². The van der Waals surface area contributed by atoms with Crippen LogP contribution in [0.5, 0.6) is 11.5 Å². The zero-order valence-corrected chi connectivity index (χ0v) is 13.5. The highest BCUT2D eigenvalue weighted by Gasteiger charge is 2.15. The predicted molar refractivity (Wildman–Crippen MR) is 95.0 cm³/mol. The first-order chi connectivity index (χ1) is 12.7. The number of hydrogen-bond acceptors (Lipinski definition) is 5. The number of nitrogens with zero attached hydrogens (tertiary/aromatic N) is 2. The van der Waals surface area contributed by atoms with Crippen molar-refractivity contribution in [2.45, 2.75) is 0 Å². The second kappa shape index (κ2) is 6.60. The molecule has 8 heteroatoms. The van der Waals surface area contributed by atoms with Gasteiger partial charge >= 0.3 is 6.03 Å². The number of carbonyl (C=O) groups excluding carboxylic acids is 1. The summed E-state index contributed by atoms with van der Waals surface area (Å²) < 4.78 is 11.9. The van der Waals surface area contributed by atoms with E-state index in [-0.39, 0.29) is 12.6 Å². The van der Waals surface area contributed by atoms with Crippen LogP contribution < -0.4 is 25.7 Å². The lowest BCUT2D eigenvalue weighted by molar-refractivity contribution is 0.174. The van der Waals surface area contributed by atoms with Crippen LogP contribution in [0.25, 0.3) is 5.69 Å². The maximum absolute atomic E-state index is 12.5. The highest BCUT2D eigenvalue weighted by molar-refractivity contribution is 5.99. The number of rotatable bonds is 3. The Balaban J connectivity index is 1.52. The predicted octanol–water partition coefficient (Wildman–Crippen LogP) is 2.61. The maximum atomic E-state index is 12.5. The first-order valence-electron chi connectivity index (χ1n) is 7.81. The summed E-state index contributed by atoms with van der Waals surface area (Å²) in [6.07, 6.45) is 2.99. The molecule has 1 aromatic heterocycles. The smallest absolute Gasteiger partial charge is 0.325 e. The van der Waals surface area contributed by atoms with Gasteiger partial charge in [-0.2, -0.15) is 0 Å². The molecule has 130 valence electrons. The van der Waals surface area contributed by atoms with Crippen LogP contribution in [0.2, 0.25) is 0 Å². The number of nitrogens with one attached hydrogen (secondary N) is 2. The molecule has 0 aliphatic carbocycles. The number of fused-ring (bicyclic) bond motifs is 1. The van der Waals surface area contributed by atoms with Gasteiger partial charge < -0.3 is 14.8 Å². The summed E-state index contributed by atoms with van der Waals surface area (Å²) in [7, 11) is 0. The number of carbonyl (C=O) groups is 1. The Kier molecular flexibility index (Phi) is 3.98. The Morgan fingerprint density at radius 2 is 1.85 bits per heavy atom. The fraction of sp³-hybridized carbons (Fsp3) is 0.0556. The SMILES string of the molecule is O=C(Nc1ccc2c(c1)OCO2)Nc1nccn(-c2ccccc2)c1=O. The largest absolute Gasteiger partial charge is 0.454 e. The molecule has 0 spiro atoms. The van der Waals surface area contributed by atoms with Gasteiger partial charge in [0, 0.05) is 29.8 Å². The molecule has 0 fully saturated rings. The van der Waals surface area contributed by atoms with E-state index in [9.17, 15) is 9.59 Å². The van der Waals surface area contributed by atoms with Crippen LogP contribution in [0.1, 0.15) is 0 Å². The number of urea groups is 1. The Hall–Kier alpha value is -3.81. The van der Waals surface area contributed by atoms with Crippen molar-refractivity contribution in [3.05, 3.63) is 71.3 Å². The van der Waals surface area contributed by atoms with Crippen LogP contribution in [0.4, 0.5) is 16.3 Å². The van der Waals surface area contributed by atoms with E-state index >= 15 is 0 Å². The monoisotopic (exact) mass is 350 g/mol. The summed E-state index contributed by atoms with van der Waals surface area (Å²) in [4.78, 5) is 28.7. The number of benzene rings is 2. The van der Waals surface area contributed by atoms with Gasteiger partial charge in [0.15, 0.2) is 11.5 Å². The number of ether oxygens (including phenoxy) is 2. The van der Waals surface area contributed by atoms with E-state index in [2.05, 4.69) is 15.6 Å². The van der Waals surface area contributed by atoms with Crippen molar-refractivity contribution in [3.8, 4) is 17.2 Å². The minimum atomic E-state index is -0.584. The van der Waals surface area contributed by atoms with Crippen molar-refractivity contribution in [3.63, 3.8) is 0 Å². The lowest BCUT2D eigenvalue weighted by Gasteiger charge is -2.09. The van der Waals surface area contributed by atoms with E-state index in [1.54, 1.807) is 36.5 Å². The molecule has 3 aromatic rings. The average molecular weight is 350 g/mol. The summed E-state index contributed by atoms with van der Waals surface area (Å²) in [6.45, 7) is 0.151. The maximum Gasteiger partial charge on any atom is 0.325 e. The van der Waals surface area contributed by atoms with Gasteiger partial charge in [0.25, 0.3) is 5.56 Å². The minimum Gasteiger partial charge on any atom is -0.454 e. The molecule has 4 rings (SSSR count). The van der Waals surface area contributed by atoms with E-state index < -0.39 is 11.6 Å². The Labute approximate surface area is 148 Å². The molecule has 26 heavy (non-hydrogen) atoms. The number of amides is 2. The highest BCUT2D eigenvalue weighted by atomic mass is 16.7. The standard InChI is InChI=1S/C18H14N4O4/c23-17-16(19-8-9-22(17)13-4-2-1-3-5-13)21-18(24)20-12-6-7-14-15(10-12)26-11-25-14/h1-10H,11H2,(H2,19,20,21,24). The van der Waals surface area contributed by atoms with Crippen LogP contribution in [-0.4, -0.2) is 22.4 Å². The number of aromatic nitrogens is 2. The van der Waals surface area contributed by atoms with Gasteiger partial charge in [-0.05, 0) is 24.3 Å². The Morgan fingerprint density at radius 1 is 1.04 bits per heavy atom. The number of para-hydroxylation sites is 1. The first-order valence-corrected chi connectivity index (χ1v) is 7.81. The van der Waals surface area contributed by atoms with Gasteiger partial charge in [0.2, 0.25) is 12.6 Å². The third-order valence-corrected chi connectivity index (χ3v) is 3.74. The van der Waals surface area contributed by atoms with Crippen LogP contribution in [0, 0.1) is 0 Å². The average Bonchev–Trinajstić information content (AvgIpc) is 3.12. The van der Waals surface area contributed by atoms with Crippen molar-refractivity contribution < 1.29 is 14.3 Å². The molecule has 0 saturated carbocycles. The van der Waals surface area contributed by atoms with Crippen molar-refractivity contribution in [1.82, 2.24) is 9.55 Å². The second-order valence-corrected chi connectivity index (χ2v) is 5.43. The molecule has 0 atom stereocenters. The van der Waals surface area contributed by atoms with Gasteiger partial charge in [-0.25, -0.2) is 9.78 Å². The normalized spacial score (nSPS) is 11.8. The minimum absolute atomic E-state index is 0.0744. The summed E-state index contributed by atoms with van der Waals surface area (Å²) in [6, 6.07) is 13.5. The summed E-state index contributed by atoms with van der Waals surface area (Å²) in [5, 5.41) is 5.10. The van der Waals surface area contributed by atoms with Crippen LogP contribution in [0.15, 0.2) is 65.7 Å². The fourth-order valence-corrected chi connectivity index (χ4v) is 2.53. The molecule has 2 amide bonds. The third-order valence-electron chi connectivity index (χ3n) is 3.74. The molecule has 0 unspecified atom stereocenters. The van der Waals surface area contributed by atoms with Crippen molar-refractivity contribution in [2.24, 2.45) is 0 Å². The molecule has 2 N–H and O–H groups in total. The lowest BCUT2D eigenvalue weighted by atomic mass is 10.3. The van der Waals surface area contributed by atoms with E-state index in [0.29, 0.717) is 22.9 Å². The summed E-state index contributed by atoms with van der Waals surface area (Å²) in [5.74, 6) is 1.09. The Morgan fingerprint density at radius 3 is 2.69 bits per heavy atom. The Bertz CT molecular complexity index is 1020. The van der Waals surface area contributed by atoms with Crippen molar-refractivity contribution in [1.29, 1.82) is 0 Å². The molecule has 0 radical (unpaired) electrons. The molecular weight excluding hydrogens is 336 g/mol. The van der Waals surface area contributed by atoms with Gasteiger partial charge in [-0.15, -0.1) is 0 Å². The molecular formula is C18H14N4O4. The molecule has 8 nitrogen and oxygen atoms in total. The summed E-state index contributed by atoms with van der Waals surface area (Å²) in [5.41, 5.74) is 0.754. The van der Waals surface area contributed by atoms with Crippen LogP contribution in [-0.2, 0) is 0 Å². The zero-order chi connectivity index (χ0) is 17.9. The molecule has 0 bridgehead atoms. The van der Waals surface area contributed by atoms with E-state index in [4.69, 9.17) is 9.47 Å². The van der Waals surface area contributed by atoms with E-state index in [1.807, 2.05) is 18.2 Å². The zero-order valence-electron chi connectivity index (χ0n) is 13.5. The number of hydrogen-bond donors (Lipinski definition) is 2. The van der Waals surface area contributed by atoms with Crippen LogP contribution in [0.3, 0.4) is 0 Å². The molecule has 1 aliphatic rings. The first kappa shape index (κ1) is 15.7. The van der Waals surface area contributed by atoms with E-state index in [0.717, 1.165) is 0 Å². The highest BCUT2D eigenvalue weighted by Crippen LogP contribution is 2.34. The van der Waals surface area contributed by atoms with Crippen molar-refractivity contribution >= 4 is 17.5 Å². The van der Waals surface area contributed by atoms with Crippen molar-refractivity contribution in [2.75, 3.05) is 17.4 Å². The van der Waals surface area contributed by atoms with Gasteiger partial charge in [-0.3, -0.25) is 14.7 Å². The van der Waals surface area contributed by atoms with Gasteiger partial charge in [0.05, 0.1) is 0 Å². The molecule has 2 aromatic carbocycles. The second-order valence-electron chi connectivity index (χ2n) is 5.43. The quantitative estimate of drug-likeness (QED) is 0.757. The molecule has 0 saturated heterocycles. The third kappa shape index (κ3) is 3.07. The lowest BCUT2D eigenvalue weighted by Crippen LogP contribution is -2.28. The van der Waals surface area contributed by atoms with E-state index in [1.165, 1.54) is 10.8 Å². The fourth-order valence-electron chi connectivity index (χ4n) is 2.53.